The molecule has 0 atom stereocenters. The maximum Gasteiger partial charge on any atom is 0.227 e. The summed E-state index contributed by atoms with van der Waals surface area (Å²) in [7, 11) is 0. The van der Waals surface area contributed by atoms with Crippen molar-refractivity contribution in [3.05, 3.63) is 54.6 Å². The van der Waals surface area contributed by atoms with Crippen molar-refractivity contribution in [3.63, 3.8) is 0 Å². The Balaban J connectivity index is 1.49. The number of nitrogens with one attached hydrogen (secondary N) is 1. The largest absolute Gasteiger partial charge is 0.486 e. The molecule has 3 heterocycles. The van der Waals surface area contributed by atoms with Gasteiger partial charge >= 0.3 is 0 Å². The van der Waals surface area contributed by atoms with E-state index in [1.165, 1.54) is 19.3 Å². The van der Waals surface area contributed by atoms with Gasteiger partial charge in [-0.15, -0.1) is 0 Å². The zero-order valence-corrected chi connectivity index (χ0v) is 16.3. The maximum absolute atomic E-state index is 5.71. The van der Waals surface area contributed by atoms with Crippen molar-refractivity contribution < 1.29 is 9.47 Å². The molecule has 29 heavy (non-hydrogen) atoms. The molecule has 1 N–H and O–H groups in total. The van der Waals surface area contributed by atoms with E-state index >= 15 is 0 Å². The molecule has 2 aromatic carbocycles. The maximum atomic E-state index is 5.71. The number of piperidine rings is 1. The number of hydrogen-bond donors (Lipinski definition) is 1. The molecule has 0 bridgehead atoms. The van der Waals surface area contributed by atoms with Crippen molar-refractivity contribution in [3.8, 4) is 22.8 Å². The molecule has 6 nitrogen and oxygen atoms in total. The molecule has 0 spiro atoms. The van der Waals surface area contributed by atoms with Crippen LogP contribution in [0, 0.1) is 0 Å². The van der Waals surface area contributed by atoms with E-state index in [9.17, 15) is 0 Å². The van der Waals surface area contributed by atoms with Crippen LogP contribution in [0.5, 0.6) is 11.5 Å². The molecule has 0 amide bonds. The summed E-state index contributed by atoms with van der Waals surface area (Å²) < 4.78 is 11.3. The highest BCUT2D eigenvalue weighted by molar-refractivity contribution is 5.68. The Bertz CT molecular complexity index is 987. The van der Waals surface area contributed by atoms with E-state index in [1.807, 2.05) is 42.5 Å². The second-order valence-electron chi connectivity index (χ2n) is 7.34. The molecule has 1 fully saturated rings. The van der Waals surface area contributed by atoms with Crippen LogP contribution in [-0.2, 0) is 0 Å². The Labute approximate surface area is 170 Å². The zero-order valence-electron chi connectivity index (χ0n) is 16.3. The van der Waals surface area contributed by atoms with Crippen molar-refractivity contribution in [2.45, 2.75) is 19.3 Å². The van der Waals surface area contributed by atoms with Gasteiger partial charge in [0.05, 0.1) is 5.69 Å². The number of anilines is 3. The second kappa shape index (κ2) is 7.99. The number of rotatable bonds is 4. The predicted octanol–water partition coefficient (Wildman–Crippen LogP) is 4.65. The van der Waals surface area contributed by atoms with E-state index in [2.05, 4.69) is 22.3 Å². The van der Waals surface area contributed by atoms with Gasteiger partial charge in [0, 0.05) is 36.5 Å². The average Bonchev–Trinajstić information content (AvgIpc) is 2.80. The van der Waals surface area contributed by atoms with Crippen LogP contribution in [0.25, 0.3) is 11.3 Å². The van der Waals surface area contributed by atoms with Crippen molar-refractivity contribution in [2.24, 2.45) is 0 Å². The molecule has 3 aromatic rings. The fourth-order valence-electron chi connectivity index (χ4n) is 3.76. The lowest BCUT2D eigenvalue weighted by Crippen LogP contribution is -2.31. The molecular formula is C23H24N4O2. The smallest absolute Gasteiger partial charge is 0.227 e. The highest BCUT2D eigenvalue weighted by atomic mass is 16.6. The van der Waals surface area contributed by atoms with Gasteiger partial charge in [0.2, 0.25) is 5.95 Å². The number of hydrogen-bond acceptors (Lipinski definition) is 6. The van der Waals surface area contributed by atoms with Crippen molar-refractivity contribution in [2.75, 3.05) is 36.5 Å². The molecule has 5 rings (SSSR count). The molecule has 148 valence electrons. The quantitative estimate of drug-likeness (QED) is 0.702. The Kier molecular flexibility index (Phi) is 4.90. The molecular weight excluding hydrogens is 364 g/mol. The first kappa shape index (κ1) is 17.8. The lowest BCUT2D eigenvalue weighted by molar-refractivity contribution is 0.171. The summed E-state index contributed by atoms with van der Waals surface area (Å²) in [5.41, 5.74) is 2.91. The Hall–Kier alpha value is -3.28. The molecule has 0 saturated carbocycles. The lowest BCUT2D eigenvalue weighted by Gasteiger charge is -2.27. The first-order valence-corrected chi connectivity index (χ1v) is 10.2. The summed E-state index contributed by atoms with van der Waals surface area (Å²) in [5.74, 6) is 3.10. The lowest BCUT2D eigenvalue weighted by atomic mass is 10.1. The van der Waals surface area contributed by atoms with Crippen LogP contribution < -0.4 is 19.7 Å². The minimum Gasteiger partial charge on any atom is -0.486 e. The SMILES string of the molecule is c1ccc(-c2cc(Nc3ccc4c(c3)OCCO4)nc(N3CCCCC3)n2)cc1. The van der Waals surface area contributed by atoms with Gasteiger partial charge in [0.25, 0.3) is 0 Å². The third kappa shape index (κ3) is 3.97. The monoisotopic (exact) mass is 388 g/mol. The molecule has 0 radical (unpaired) electrons. The molecule has 2 aliphatic rings. The first-order valence-electron chi connectivity index (χ1n) is 10.2. The van der Waals surface area contributed by atoms with E-state index < -0.39 is 0 Å². The molecule has 1 saturated heterocycles. The fraction of sp³-hybridized carbons (Fsp3) is 0.304. The topological polar surface area (TPSA) is 59.5 Å². The zero-order chi connectivity index (χ0) is 19.5. The summed E-state index contributed by atoms with van der Waals surface area (Å²) >= 11 is 0. The van der Waals surface area contributed by atoms with Crippen molar-refractivity contribution in [1.82, 2.24) is 9.97 Å². The van der Waals surface area contributed by atoms with Crippen LogP contribution in [0.1, 0.15) is 19.3 Å². The van der Waals surface area contributed by atoms with Crippen LogP contribution in [-0.4, -0.2) is 36.3 Å². The van der Waals surface area contributed by atoms with Gasteiger partial charge in [-0.05, 0) is 31.4 Å². The summed E-state index contributed by atoms with van der Waals surface area (Å²) in [4.78, 5) is 12.0. The van der Waals surface area contributed by atoms with Gasteiger partial charge in [-0.25, -0.2) is 4.98 Å². The minimum absolute atomic E-state index is 0.571. The van der Waals surface area contributed by atoms with Crippen LogP contribution in [0.15, 0.2) is 54.6 Å². The highest BCUT2D eigenvalue weighted by Crippen LogP contribution is 2.34. The van der Waals surface area contributed by atoms with Gasteiger partial charge in [0.15, 0.2) is 11.5 Å². The standard InChI is InChI=1S/C23H24N4O2/c1-3-7-17(8-4-1)19-16-22(26-23(25-19)27-11-5-2-6-12-27)24-18-9-10-20-21(15-18)29-14-13-28-20/h1,3-4,7-10,15-16H,2,5-6,11-14H2,(H,24,25,26). The van der Waals surface area contributed by atoms with Gasteiger partial charge < -0.3 is 19.7 Å². The van der Waals surface area contributed by atoms with E-state index in [-0.39, 0.29) is 0 Å². The number of aromatic nitrogens is 2. The average molecular weight is 388 g/mol. The van der Waals surface area contributed by atoms with Gasteiger partial charge in [-0.2, -0.15) is 4.98 Å². The molecule has 6 heteroatoms. The summed E-state index contributed by atoms with van der Waals surface area (Å²) in [5, 5.41) is 3.43. The number of ether oxygens (including phenoxy) is 2. The fourth-order valence-corrected chi connectivity index (χ4v) is 3.76. The van der Waals surface area contributed by atoms with E-state index in [0.29, 0.717) is 13.2 Å². The van der Waals surface area contributed by atoms with E-state index in [1.54, 1.807) is 0 Å². The first-order chi connectivity index (χ1) is 14.3. The molecule has 2 aliphatic heterocycles. The Morgan fingerprint density at radius 3 is 2.41 bits per heavy atom. The summed E-state index contributed by atoms with van der Waals surface area (Å²) in [6.07, 6.45) is 3.64. The Morgan fingerprint density at radius 2 is 1.59 bits per heavy atom. The Morgan fingerprint density at radius 1 is 0.793 bits per heavy atom. The van der Waals surface area contributed by atoms with Crippen LogP contribution in [0.2, 0.25) is 0 Å². The third-order valence-electron chi connectivity index (χ3n) is 5.24. The highest BCUT2D eigenvalue weighted by Gasteiger charge is 2.17. The van der Waals surface area contributed by atoms with Crippen LogP contribution in [0.4, 0.5) is 17.5 Å². The van der Waals surface area contributed by atoms with E-state index in [4.69, 9.17) is 19.4 Å². The summed E-state index contributed by atoms with van der Waals surface area (Å²) in [6, 6.07) is 18.1. The number of nitrogens with zero attached hydrogens (tertiary/aromatic N) is 3. The van der Waals surface area contributed by atoms with Crippen LogP contribution >= 0.6 is 0 Å². The van der Waals surface area contributed by atoms with Crippen molar-refractivity contribution in [1.29, 1.82) is 0 Å². The van der Waals surface area contributed by atoms with Gasteiger partial charge in [0.1, 0.15) is 19.0 Å². The molecule has 0 unspecified atom stereocenters. The normalized spacial score (nSPS) is 15.8. The number of fused-ring (bicyclic) bond motifs is 1. The second-order valence-corrected chi connectivity index (χ2v) is 7.34. The number of benzene rings is 2. The van der Waals surface area contributed by atoms with Crippen LogP contribution in [0.3, 0.4) is 0 Å². The minimum atomic E-state index is 0.571. The predicted molar refractivity (Wildman–Crippen MR) is 114 cm³/mol. The third-order valence-corrected chi connectivity index (χ3v) is 5.24. The van der Waals surface area contributed by atoms with E-state index in [0.717, 1.165) is 53.3 Å². The molecule has 1 aromatic heterocycles. The van der Waals surface area contributed by atoms with Crippen molar-refractivity contribution >= 4 is 17.5 Å². The summed E-state index contributed by atoms with van der Waals surface area (Å²) in [6.45, 7) is 3.16. The molecule has 0 aliphatic carbocycles. The van der Waals surface area contributed by atoms with Gasteiger partial charge in [-0.1, -0.05) is 30.3 Å². The van der Waals surface area contributed by atoms with Gasteiger partial charge in [-0.3, -0.25) is 0 Å².